The second kappa shape index (κ2) is 9.73. The SMILES string of the molecule is CC/C=C\C[C@H]1C(=O)CC[C@@H]1CCCCCCC(=O)O. The van der Waals surface area contributed by atoms with Crippen LogP contribution in [0.3, 0.4) is 0 Å². The summed E-state index contributed by atoms with van der Waals surface area (Å²) in [5.41, 5.74) is 0. The first kappa shape index (κ1) is 16.9. The molecule has 114 valence electrons. The molecule has 0 heterocycles. The maximum atomic E-state index is 11.9. The number of ketones is 1. The van der Waals surface area contributed by atoms with Crippen molar-refractivity contribution in [2.45, 2.75) is 71.1 Å². The normalized spacial score (nSPS) is 22.8. The van der Waals surface area contributed by atoms with Gasteiger partial charge in [-0.15, -0.1) is 0 Å². The lowest BCUT2D eigenvalue weighted by Gasteiger charge is -2.16. The standard InChI is InChI=1S/C17H28O3/c1-2-3-6-10-15-14(12-13-16(15)18)9-7-4-5-8-11-17(19)20/h3,6,14-15H,2,4-5,7-13H2,1H3,(H,19,20)/b6-3-/t14-,15+/m0/s1. The quantitative estimate of drug-likeness (QED) is 0.477. The van der Waals surface area contributed by atoms with E-state index in [1.807, 2.05) is 0 Å². The first-order chi connectivity index (χ1) is 9.65. The number of hydrogen-bond acceptors (Lipinski definition) is 2. The number of allylic oxidation sites excluding steroid dienone is 2. The van der Waals surface area contributed by atoms with Crippen LogP contribution in [0.1, 0.15) is 71.1 Å². The van der Waals surface area contributed by atoms with Crippen LogP contribution >= 0.6 is 0 Å². The maximum absolute atomic E-state index is 11.9. The number of carbonyl (C=O) groups excluding carboxylic acids is 1. The topological polar surface area (TPSA) is 54.4 Å². The molecule has 20 heavy (non-hydrogen) atoms. The molecule has 3 nitrogen and oxygen atoms in total. The van der Waals surface area contributed by atoms with Gasteiger partial charge in [0.05, 0.1) is 0 Å². The lowest BCUT2D eigenvalue weighted by atomic mass is 9.87. The average Bonchev–Trinajstić information content (AvgIpc) is 2.75. The summed E-state index contributed by atoms with van der Waals surface area (Å²) in [6, 6.07) is 0. The summed E-state index contributed by atoms with van der Waals surface area (Å²) in [4.78, 5) is 22.3. The molecule has 1 aliphatic rings. The fraction of sp³-hybridized carbons (Fsp3) is 0.765. The Kier molecular flexibility index (Phi) is 8.24. The third-order valence-electron chi connectivity index (χ3n) is 4.25. The van der Waals surface area contributed by atoms with Crippen molar-refractivity contribution >= 4 is 11.8 Å². The van der Waals surface area contributed by atoms with Gasteiger partial charge in [-0.2, -0.15) is 0 Å². The first-order valence-electron chi connectivity index (χ1n) is 8.04. The number of Topliss-reactive ketones (excluding diaryl/α,β-unsaturated/α-hetero) is 1. The number of carbonyl (C=O) groups is 2. The lowest BCUT2D eigenvalue weighted by molar-refractivity contribution is -0.137. The Bertz CT molecular complexity index is 333. The summed E-state index contributed by atoms with van der Waals surface area (Å²) in [5.74, 6) is 0.552. The Balaban J connectivity index is 2.19. The molecule has 1 aliphatic carbocycles. The number of carboxylic acid groups (broad SMARTS) is 1. The third kappa shape index (κ3) is 6.36. The molecule has 0 aromatic carbocycles. The minimum atomic E-state index is -0.700. The van der Waals surface area contributed by atoms with Crippen molar-refractivity contribution in [3.8, 4) is 0 Å². The number of carboxylic acids is 1. The van der Waals surface area contributed by atoms with Crippen LogP contribution in [0, 0.1) is 11.8 Å². The first-order valence-corrected chi connectivity index (χ1v) is 8.04. The van der Waals surface area contributed by atoms with Gasteiger partial charge in [0.15, 0.2) is 0 Å². The zero-order valence-electron chi connectivity index (χ0n) is 12.6. The van der Waals surface area contributed by atoms with Crippen molar-refractivity contribution < 1.29 is 14.7 Å². The van der Waals surface area contributed by atoms with Crippen LogP contribution < -0.4 is 0 Å². The van der Waals surface area contributed by atoms with Gasteiger partial charge in [-0.25, -0.2) is 0 Å². The number of rotatable bonds is 10. The van der Waals surface area contributed by atoms with Crippen molar-refractivity contribution in [1.82, 2.24) is 0 Å². The molecule has 1 N–H and O–H groups in total. The second-order valence-electron chi connectivity index (χ2n) is 5.83. The predicted molar refractivity (Wildman–Crippen MR) is 80.6 cm³/mol. The molecular formula is C17H28O3. The van der Waals surface area contributed by atoms with Gasteiger partial charge in [-0.1, -0.05) is 38.3 Å². The van der Waals surface area contributed by atoms with Crippen LogP contribution in [-0.2, 0) is 9.59 Å². The van der Waals surface area contributed by atoms with Crippen molar-refractivity contribution in [1.29, 1.82) is 0 Å². The van der Waals surface area contributed by atoms with Crippen LogP contribution in [0.15, 0.2) is 12.2 Å². The molecule has 0 saturated heterocycles. The highest BCUT2D eigenvalue weighted by molar-refractivity contribution is 5.83. The highest BCUT2D eigenvalue weighted by Gasteiger charge is 2.32. The van der Waals surface area contributed by atoms with Crippen molar-refractivity contribution in [3.63, 3.8) is 0 Å². The van der Waals surface area contributed by atoms with Gasteiger partial charge < -0.3 is 5.11 Å². The minimum Gasteiger partial charge on any atom is -0.481 e. The van der Waals surface area contributed by atoms with E-state index in [-0.39, 0.29) is 12.3 Å². The van der Waals surface area contributed by atoms with E-state index in [1.54, 1.807) is 0 Å². The van der Waals surface area contributed by atoms with Gasteiger partial charge in [0.2, 0.25) is 0 Å². The Morgan fingerprint density at radius 3 is 2.70 bits per heavy atom. The molecule has 1 saturated carbocycles. The molecule has 0 aromatic heterocycles. The smallest absolute Gasteiger partial charge is 0.303 e. The van der Waals surface area contributed by atoms with Gasteiger partial charge in [0.1, 0.15) is 5.78 Å². The van der Waals surface area contributed by atoms with E-state index in [9.17, 15) is 9.59 Å². The van der Waals surface area contributed by atoms with Crippen LogP contribution in [0.4, 0.5) is 0 Å². The van der Waals surface area contributed by atoms with Crippen LogP contribution in [0.25, 0.3) is 0 Å². The van der Waals surface area contributed by atoms with E-state index in [1.165, 1.54) is 0 Å². The molecule has 0 aromatic rings. The van der Waals surface area contributed by atoms with Gasteiger partial charge >= 0.3 is 5.97 Å². The lowest BCUT2D eigenvalue weighted by Crippen LogP contribution is -2.14. The van der Waals surface area contributed by atoms with Crippen molar-refractivity contribution in [3.05, 3.63) is 12.2 Å². The van der Waals surface area contributed by atoms with Gasteiger partial charge in [0, 0.05) is 18.8 Å². The van der Waals surface area contributed by atoms with E-state index in [0.29, 0.717) is 11.7 Å². The van der Waals surface area contributed by atoms with E-state index < -0.39 is 5.97 Å². The molecule has 0 radical (unpaired) electrons. The predicted octanol–water partition coefficient (Wildman–Crippen LogP) is 4.36. The molecule has 0 unspecified atom stereocenters. The highest BCUT2D eigenvalue weighted by Crippen LogP contribution is 2.35. The molecule has 0 aliphatic heterocycles. The monoisotopic (exact) mass is 280 g/mol. The Morgan fingerprint density at radius 2 is 2.00 bits per heavy atom. The summed E-state index contributed by atoms with van der Waals surface area (Å²) < 4.78 is 0. The van der Waals surface area contributed by atoms with E-state index >= 15 is 0 Å². The van der Waals surface area contributed by atoms with Gasteiger partial charge in [-0.05, 0) is 38.0 Å². The average molecular weight is 280 g/mol. The minimum absolute atomic E-state index is 0.247. The fourth-order valence-corrected chi connectivity index (χ4v) is 3.09. The zero-order valence-corrected chi connectivity index (χ0v) is 12.6. The van der Waals surface area contributed by atoms with Crippen molar-refractivity contribution in [2.75, 3.05) is 0 Å². The summed E-state index contributed by atoms with van der Waals surface area (Å²) >= 11 is 0. The Morgan fingerprint density at radius 1 is 1.25 bits per heavy atom. The van der Waals surface area contributed by atoms with E-state index in [2.05, 4.69) is 19.1 Å². The fourth-order valence-electron chi connectivity index (χ4n) is 3.09. The molecule has 0 spiro atoms. The summed E-state index contributed by atoms with van der Waals surface area (Å²) in [6.07, 6.45) is 13.5. The molecule has 1 fully saturated rings. The number of unbranched alkanes of at least 4 members (excludes halogenated alkanes) is 3. The van der Waals surface area contributed by atoms with Crippen LogP contribution in [0.2, 0.25) is 0 Å². The molecule has 0 amide bonds. The van der Waals surface area contributed by atoms with E-state index in [4.69, 9.17) is 5.11 Å². The van der Waals surface area contributed by atoms with Crippen LogP contribution in [-0.4, -0.2) is 16.9 Å². The third-order valence-corrected chi connectivity index (χ3v) is 4.25. The van der Waals surface area contributed by atoms with Crippen molar-refractivity contribution in [2.24, 2.45) is 11.8 Å². The molecule has 3 heteroatoms. The number of aliphatic carboxylic acids is 1. The Hall–Kier alpha value is -1.12. The van der Waals surface area contributed by atoms with Crippen LogP contribution in [0.5, 0.6) is 0 Å². The molecule has 1 rings (SSSR count). The maximum Gasteiger partial charge on any atom is 0.303 e. The number of hydrogen-bond donors (Lipinski definition) is 1. The Labute approximate surface area is 122 Å². The van der Waals surface area contributed by atoms with Gasteiger partial charge in [-0.3, -0.25) is 9.59 Å². The molecular weight excluding hydrogens is 252 g/mol. The summed E-state index contributed by atoms with van der Waals surface area (Å²) in [7, 11) is 0. The summed E-state index contributed by atoms with van der Waals surface area (Å²) in [5, 5.41) is 8.57. The van der Waals surface area contributed by atoms with E-state index in [0.717, 1.165) is 57.8 Å². The van der Waals surface area contributed by atoms with Gasteiger partial charge in [0.25, 0.3) is 0 Å². The molecule has 2 atom stereocenters. The zero-order chi connectivity index (χ0) is 14.8. The highest BCUT2D eigenvalue weighted by atomic mass is 16.4. The largest absolute Gasteiger partial charge is 0.481 e. The molecule has 0 bridgehead atoms. The summed E-state index contributed by atoms with van der Waals surface area (Å²) in [6.45, 7) is 2.11. The second-order valence-corrected chi connectivity index (χ2v) is 5.83.